The molecule has 1 aromatic rings. The van der Waals surface area contributed by atoms with E-state index < -0.39 is 0 Å². The van der Waals surface area contributed by atoms with E-state index in [1.165, 1.54) is 0 Å². The predicted octanol–water partition coefficient (Wildman–Crippen LogP) is 1.37. The highest BCUT2D eigenvalue weighted by molar-refractivity contribution is 9.10. The Bertz CT molecular complexity index is 235. The minimum atomic E-state index is 0.488. The summed E-state index contributed by atoms with van der Waals surface area (Å²) >= 11 is 3.22. The van der Waals surface area contributed by atoms with Gasteiger partial charge in [0.25, 0.3) is 0 Å². The summed E-state index contributed by atoms with van der Waals surface area (Å²) in [6, 6.07) is 0. The largest absolute Gasteiger partial charge is 0.303 e. The Kier molecular flexibility index (Phi) is 3.16. The molecule has 0 N–H and O–H groups in total. The van der Waals surface area contributed by atoms with Crippen molar-refractivity contribution >= 4 is 22.2 Å². The van der Waals surface area contributed by atoms with Crippen LogP contribution in [-0.4, -0.2) is 16.3 Å². The molecule has 3 nitrogen and oxygen atoms in total. The first-order valence-electron chi connectivity index (χ1n) is 3.23. The molecule has 11 heavy (non-hydrogen) atoms. The third-order valence-corrected chi connectivity index (χ3v) is 1.57. The van der Waals surface area contributed by atoms with Gasteiger partial charge in [0, 0.05) is 25.2 Å². The molecule has 0 unspecified atom stereocenters. The lowest BCUT2D eigenvalue weighted by Gasteiger charge is -1.93. The maximum Gasteiger partial charge on any atom is 0.128 e. The van der Waals surface area contributed by atoms with Crippen LogP contribution in [0.4, 0.5) is 0 Å². The minimum Gasteiger partial charge on any atom is -0.303 e. The van der Waals surface area contributed by atoms with Crippen LogP contribution in [0.5, 0.6) is 0 Å². The Labute approximate surface area is 73.0 Å². The quantitative estimate of drug-likeness (QED) is 0.715. The average molecular weight is 215 g/mol. The highest BCUT2D eigenvalue weighted by Crippen LogP contribution is 2.04. The van der Waals surface area contributed by atoms with Crippen molar-refractivity contribution in [1.82, 2.24) is 9.97 Å². The normalized spacial score (nSPS) is 9.55. The standard InChI is InChI=1S/C7H7BrN2O/c8-6-4-9-7(10-5-6)2-1-3-11/h3-5H,1-2H2. The molecule has 0 saturated heterocycles. The number of carbonyl (C=O) groups is 1. The highest BCUT2D eigenvalue weighted by Gasteiger charge is 1.94. The molecule has 0 amide bonds. The van der Waals surface area contributed by atoms with Crippen LogP contribution < -0.4 is 0 Å². The van der Waals surface area contributed by atoms with Crippen molar-refractivity contribution in [1.29, 1.82) is 0 Å². The van der Waals surface area contributed by atoms with Gasteiger partial charge in [-0.25, -0.2) is 9.97 Å². The Morgan fingerprint density at radius 1 is 1.45 bits per heavy atom. The van der Waals surface area contributed by atoms with Gasteiger partial charge in [-0.15, -0.1) is 0 Å². The third kappa shape index (κ3) is 2.76. The van der Waals surface area contributed by atoms with Crippen LogP contribution in [-0.2, 0) is 11.2 Å². The van der Waals surface area contributed by atoms with E-state index in [2.05, 4.69) is 25.9 Å². The first-order chi connectivity index (χ1) is 5.33. The van der Waals surface area contributed by atoms with Crippen LogP contribution in [0.1, 0.15) is 12.2 Å². The van der Waals surface area contributed by atoms with Gasteiger partial charge >= 0.3 is 0 Å². The lowest BCUT2D eigenvalue weighted by Crippen LogP contribution is -1.93. The maximum atomic E-state index is 9.98. The van der Waals surface area contributed by atoms with E-state index >= 15 is 0 Å². The second-order valence-electron chi connectivity index (χ2n) is 2.02. The monoisotopic (exact) mass is 214 g/mol. The average Bonchev–Trinajstić information content (AvgIpc) is 2.04. The molecule has 0 aliphatic heterocycles. The van der Waals surface area contributed by atoms with Crippen molar-refractivity contribution in [3.63, 3.8) is 0 Å². The number of halogens is 1. The zero-order valence-electron chi connectivity index (χ0n) is 5.83. The van der Waals surface area contributed by atoms with Crippen LogP contribution in [0, 0.1) is 0 Å². The van der Waals surface area contributed by atoms with Gasteiger partial charge in [-0.05, 0) is 15.9 Å². The summed E-state index contributed by atoms with van der Waals surface area (Å²) in [5.74, 6) is 0.709. The molecule has 0 aliphatic carbocycles. The van der Waals surface area contributed by atoms with Crippen LogP contribution in [0.25, 0.3) is 0 Å². The van der Waals surface area contributed by atoms with Gasteiger partial charge in [0.2, 0.25) is 0 Å². The molecule has 1 aromatic heterocycles. The van der Waals surface area contributed by atoms with Crippen molar-refractivity contribution < 1.29 is 4.79 Å². The van der Waals surface area contributed by atoms with E-state index in [0.717, 1.165) is 10.8 Å². The fraction of sp³-hybridized carbons (Fsp3) is 0.286. The number of hydrogen-bond acceptors (Lipinski definition) is 3. The van der Waals surface area contributed by atoms with Gasteiger partial charge in [0.1, 0.15) is 12.1 Å². The first kappa shape index (κ1) is 8.33. The molecule has 0 aliphatic rings. The Morgan fingerprint density at radius 2 is 2.09 bits per heavy atom. The van der Waals surface area contributed by atoms with E-state index in [9.17, 15) is 4.79 Å². The Balaban J connectivity index is 2.58. The fourth-order valence-corrected chi connectivity index (χ4v) is 0.861. The van der Waals surface area contributed by atoms with Gasteiger partial charge < -0.3 is 4.79 Å². The van der Waals surface area contributed by atoms with E-state index in [0.29, 0.717) is 18.7 Å². The zero-order chi connectivity index (χ0) is 8.10. The van der Waals surface area contributed by atoms with E-state index in [1.807, 2.05) is 0 Å². The molecule has 0 spiro atoms. The number of aldehydes is 1. The van der Waals surface area contributed by atoms with Crippen molar-refractivity contribution in [3.8, 4) is 0 Å². The topological polar surface area (TPSA) is 42.9 Å². The smallest absolute Gasteiger partial charge is 0.128 e. The lowest BCUT2D eigenvalue weighted by atomic mass is 10.3. The third-order valence-electron chi connectivity index (χ3n) is 1.16. The summed E-state index contributed by atoms with van der Waals surface area (Å²) in [5, 5.41) is 0. The number of nitrogens with zero attached hydrogens (tertiary/aromatic N) is 2. The summed E-state index contributed by atoms with van der Waals surface area (Å²) in [5.41, 5.74) is 0. The van der Waals surface area contributed by atoms with E-state index in [1.54, 1.807) is 12.4 Å². The van der Waals surface area contributed by atoms with Crippen LogP contribution in [0.2, 0.25) is 0 Å². The van der Waals surface area contributed by atoms with Gasteiger partial charge in [-0.3, -0.25) is 0 Å². The Hall–Kier alpha value is -0.770. The van der Waals surface area contributed by atoms with Gasteiger partial charge in [-0.2, -0.15) is 0 Å². The summed E-state index contributed by atoms with van der Waals surface area (Å²) < 4.78 is 0.854. The molecular formula is C7H7BrN2O. The molecule has 0 atom stereocenters. The molecule has 4 heteroatoms. The number of hydrogen-bond donors (Lipinski definition) is 0. The summed E-state index contributed by atoms with van der Waals surface area (Å²) in [4.78, 5) is 18.0. The van der Waals surface area contributed by atoms with Crippen molar-refractivity contribution in [2.24, 2.45) is 0 Å². The predicted molar refractivity (Wildman–Crippen MR) is 44.1 cm³/mol. The van der Waals surface area contributed by atoms with Crippen molar-refractivity contribution in [2.75, 3.05) is 0 Å². The summed E-state index contributed by atoms with van der Waals surface area (Å²) in [6.45, 7) is 0. The molecule has 0 radical (unpaired) electrons. The van der Waals surface area contributed by atoms with Crippen LogP contribution in [0.15, 0.2) is 16.9 Å². The fourth-order valence-electron chi connectivity index (χ4n) is 0.656. The Morgan fingerprint density at radius 3 is 2.64 bits per heavy atom. The molecule has 1 heterocycles. The molecule has 58 valence electrons. The van der Waals surface area contributed by atoms with Crippen molar-refractivity contribution in [3.05, 3.63) is 22.7 Å². The SMILES string of the molecule is O=CCCc1ncc(Br)cn1. The molecular weight excluding hydrogens is 208 g/mol. The van der Waals surface area contributed by atoms with Crippen LogP contribution >= 0.6 is 15.9 Å². The maximum absolute atomic E-state index is 9.98. The molecule has 0 bridgehead atoms. The second kappa shape index (κ2) is 4.18. The molecule has 0 fully saturated rings. The highest BCUT2D eigenvalue weighted by atomic mass is 79.9. The van der Waals surface area contributed by atoms with E-state index in [4.69, 9.17) is 0 Å². The van der Waals surface area contributed by atoms with Gasteiger partial charge in [0.05, 0.1) is 4.47 Å². The summed E-state index contributed by atoms with van der Waals surface area (Å²) in [6.07, 6.45) is 5.32. The van der Waals surface area contributed by atoms with E-state index in [-0.39, 0.29) is 0 Å². The lowest BCUT2D eigenvalue weighted by molar-refractivity contribution is -0.107. The first-order valence-corrected chi connectivity index (χ1v) is 4.02. The second-order valence-corrected chi connectivity index (χ2v) is 2.94. The van der Waals surface area contributed by atoms with Crippen LogP contribution in [0.3, 0.4) is 0 Å². The van der Waals surface area contributed by atoms with Gasteiger partial charge in [-0.1, -0.05) is 0 Å². The number of rotatable bonds is 3. The molecule has 0 saturated carbocycles. The molecule has 1 rings (SSSR count). The summed E-state index contributed by atoms with van der Waals surface area (Å²) in [7, 11) is 0. The zero-order valence-corrected chi connectivity index (χ0v) is 7.41. The number of aryl methyl sites for hydroxylation is 1. The van der Waals surface area contributed by atoms with Gasteiger partial charge in [0.15, 0.2) is 0 Å². The minimum absolute atomic E-state index is 0.488. The number of aromatic nitrogens is 2. The number of carbonyl (C=O) groups excluding carboxylic acids is 1. The molecule has 0 aromatic carbocycles. The van der Waals surface area contributed by atoms with Crippen molar-refractivity contribution in [2.45, 2.75) is 12.8 Å².